The van der Waals surface area contributed by atoms with E-state index in [2.05, 4.69) is 15.3 Å². The normalized spacial score (nSPS) is 24.4. The SMILES string of the molecule is CN1C(=O)OC[C@@]12CC1=C(C(N)=CC=NC(F)F)[C@H](c3ccc(F)cc3Cl)NC(c3nccs3)=[N+]1C2. The molecule has 0 aliphatic carbocycles. The number of likely N-dealkylation sites (N-methyl/N-ethyl adjacent to an activating group) is 1. The molecule has 3 aliphatic rings. The Labute approximate surface area is 213 Å². The Hall–Kier alpha value is -3.38. The second-order valence-corrected chi connectivity index (χ2v) is 9.89. The summed E-state index contributed by atoms with van der Waals surface area (Å²) in [6, 6.07) is 3.36. The highest BCUT2D eigenvalue weighted by molar-refractivity contribution is 7.11. The number of fused-ring (bicyclic) bond motifs is 1. The highest BCUT2D eigenvalue weighted by Gasteiger charge is 2.57. The zero-order valence-electron chi connectivity index (χ0n) is 18.9. The molecule has 1 spiro atoms. The van der Waals surface area contributed by atoms with Gasteiger partial charge in [-0.2, -0.15) is 8.78 Å². The van der Waals surface area contributed by atoms with Crippen molar-refractivity contribution in [2.24, 2.45) is 10.7 Å². The monoisotopic (exact) mass is 537 g/mol. The first-order chi connectivity index (χ1) is 17.2. The molecule has 2 saturated heterocycles. The molecule has 5 rings (SSSR count). The van der Waals surface area contributed by atoms with Gasteiger partial charge in [0.15, 0.2) is 6.04 Å². The number of nitrogens with one attached hydrogen (secondary N) is 1. The average Bonchev–Trinajstić information content (AvgIpc) is 3.55. The molecule has 36 heavy (non-hydrogen) atoms. The lowest BCUT2D eigenvalue weighted by Gasteiger charge is -2.27. The van der Waals surface area contributed by atoms with Gasteiger partial charge in [0, 0.05) is 42.5 Å². The molecule has 1 amide bonds. The van der Waals surface area contributed by atoms with E-state index in [0.29, 0.717) is 34.9 Å². The van der Waals surface area contributed by atoms with Crippen molar-refractivity contribution in [1.82, 2.24) is 15.2 Å². The molecular formula is C23H21ClF3N6O2S+. The van der Waals surface area contributed by atoms with E-state index in [4.69, 9.17) is 22.1 Å². The van der Waals surface area contributed by atoms with Gasteiger partial charge in [-0.3, -0.25) is 10.2 Å². The van der Waals surface area contributed by atoms with E-state index >= 15 is 0 Å². The molecule has 1 aromatic carbocycles. The highest BCUT2D eigenvalue weighted by atomic mass is 35.5. The minimum absolute atomic E-state index is 0.163. The van der Waals surface area contributed by atoms with E-state index in [0.717, 1.165) is 11.9 Å². The number of benzene rings is 1. The number of rotatable bonds is 5. The van der Waals surface area contributed by atoms with E-state index in [1.54, 1.807) is 24.2 Å². The molecule has 0 unspecified atom stereocenters. The van der Waals surface area contributed by atoms with E-state index in [9.17, 15) is 18.0 Å². The first-order valence-corrected chi connectivity index (χ1v) is 12.1. The number of hydrogen-bond donors (Lipinski definition) is 2. The van der Waals surface area contributed by atoms with Crippen LogP contribution in [0, 0.1) is 5.82 Å². The minimum Gasteiger partial charge on any atom is -0.447 e. The molecule has 0 saturated carbocycles. The number of amides is 1. The average molecular weight is 538 g/mol. The quantitative estimate of drug-likeness (QED) is 0.345. The lowest BCUT2D eigenvalue weighted by Crippen LogP contribution is -2.47. The summed E-state index contributed by atoms with van der Waals surface area (Å²) in [7, 11) is 1.67. The van der Waals surface area contributed by atoms with Gasteiger partial charge in [-0.25, -0.2) is 23.7 Å². The topological polar surface area (TPSA) is 95.9 Å². The van der Waals surface area contributed by atoms with Gasteiger partial charge in [-0.1, -0.05) is 17.7 Å². The Morgan fingerprint density at radius 1 is 1.50 bits per heavy atom. The van der Waals surface area contributed by atoms with Crippen LogP contribution in [0.4, 0.5) is 18.0 Å². The summed E-state index contributed by atoms with van der Waals surface area (Å²) < 4.78 is 46.5. The van der Waals surface area contributed by atoms with Gasteiger partial charge in [0.25, 0.3) is 0 Å². The fourth-order valence-electron chi connectivity index (χ4n) is 4.76. The number of cyclic esters (lactones) is 1. The van der Waals surface area contributed by atoms with Gasteiger partial charge >= 0.3 is 18.5 Å². The summed E-state index contributed by atoms with van der Waals surface area (Å²) in [5, 5.41) is 6.11. The fourth-order valence-corrected chi connectivity index (χ4v) is 5.69. The van der Waals surface area contributed by atoms with Crippen molar-refractivity contribution in [3.63, 3.8) is 0 Å². The summed E-state index contributed by atoms with van der Waals surface area (Å²) in [6.07, 6.45) is 3.84. The maximum Gasteiger partial charge on any atom is 0.410 e. The lowest BCUT2D eigenvalue weighted by molar-refractivity contribution is -0.471. The van der Waals surface area contributed by atoms with Gasteiger partial charge in [0.1, 0.15) is 30.2 Å². The largest absolute Gasteiger partial charge is 0.447 e. The van der Waals surface area contributed by atoms with E-state index < -0.39 is 30.0 Å². The maximum atomic E-state index is 13.9. The number of carbonyl (C=O) groups is 1. The van der Waals surface area contributed by atoms with Crippen LogP contribution in [0.25, 0.3) is 0 Å². The molecule has 13 heteroatoms. The first-order valence-electron chi connectivity index (χ1n) is 10.9. The number of ether oxygens (including phenoxy) is 1. The first kappa shape index (κ1) is 24.3. The van der Waals surface area contributed by atoms with Crippen LogP contribution in [0.5, 0.6) is 0 Å². The molecule has 8 nitrogen and oxygen atoms in total. The predicted molar refractivity (Wildman–Crippen MR) is 129 cm³/mol. The number of hydrogen-bond acceptors (Lipinski definition) is 7. The molecular weight excluding hydrogens is 517 g/mol. The Bertz CT molecular complexity index is 1340. The van der Waals surface area contributed by atoms with E-state index in [-0.39, 0.29) is 17.3 Å². The summed E-state index contributed by atoms with van der Waals surface area (Å²) in [5.74, 6) is 0.156. The number of thiazole rings is 1. The van der Waals surface area contributed by atoms with Gasteiger partial charge in [-0.05, 0) is 18.2 Å². The van der Waals surface area contributed by atoms with Crippen molar-refractivity contribution in [2.75, 3.05) is 20.2 Å². The summed E-state index contributed by atoms with van der Waals surface area (Å²) in [4.78, 5) is 21.4. The van der Waals surface area contributed by atoms with Crippen molar-refractivity contribution < 1.29 is 27.3 Å². The summed E-state index contributed by atoms with van der Waals surface area (Å²) in [6.45, 7) is -2.33. The third-order valence-corrected chi connectivity index (χ3v) is 7.65. The van der Waals surface area contributed by atoms with Crippen molar-refractivity contribution in [1.29, 1.82) is 0 Å². The van der Waals surface area contributed by atoms with Crippen LogP contribution >= 0.6 is 22.9 Å². The molecule has 188 valence electrons. The fraction of sp³-hybridized carbons (Fsp3) is 0.304. The second kappa shape index (κ2) is 9.25. The number of halogens is 4. The van der Waals surface area contributed by atoms with Gasteiger partial charge in [0.05, 0.1) is 10.6 Å². The molecule has 3 aliphatic heterocycles. The maximum absolute atomic E-state index is 13.9. The molecule has 2 fully saturated rings. The van der Waals surface area contributed by atoms with Crippen LogP contribution in [0.3, 0.4) is 0 Å². The molecule has 1 aromatic heterocycles. The standard InChI is InChI=1S/C23H20ClF3N6O2S/c1-32-22(34)35-11-23(32)9-16-17(15(28)4-5-30-21(26)27)18(13-3-2-12(25)8-14(13)24)31-19(33(16)10-23)20-29-6-7-36-20/h2-8,18,21H,9-11H2,1H3,(H2,28,30)/p+1/t18-,23-/m0/s1. The molecule has 0 radical (unpaired) electrons. The molecule has 2 aromatic rings. The number of allylic oxidation sites excluding steroid dienone is 1. The number of nitrogens with two attached hydrogens (primary N) is 1. The van der Waals surface area contributed by atoms with Crippen LogP contribution < -0.4 is 11.1 Å². The van der Waals surface area contributed by atoms with E-state index in [1.807, 2.05) is 9.96 Å². The summed E-state index contributed by atoms with van der Waals surface area (Å²) >= 11 is 7.87. The Morgan fingerprint density at radius 3 is 2.94 bits per heavy atom. The van der Waals surface area contributed by atoms with Crippen LogP contribution in [0.1, 0.15) is 23.0 Å². The third-order valence-electron chi connectivity index (χ3n) is 6.55. The number of aliphatic imine (C=N–C) groups is 1. The van der Waals surface area contributed by atoms with Crippen LogP contribution in [0.15, 0.2) is 57.8 Å². The minimum atomic E-state index is -2.88. The number of alkyl halides is 2. The number of aromatic nitrogens is 1. The zero-order valence-corrected chi connectivity index (χ0v) is 20.5. The zero-order chi connectivity index (χ0) is 25.6. The van der Waals surface area contributed by atoms with Gasteiger partial charge in [-0.15, -0.1) is 11.3 Å². The van der Waals surface area contributed by atoms with Crippen molar-refractivity contribution >= 4 is 41.1 Å². The van der Waals surface area contributed by atoms with E-state index in [1.165, 1.54) is 29.5 Å². The predicted octanol–water partition coefficient (Wildman–Crippen LogP) is 3.65. The molecule has 4 heterocycles. The highest BCUT2D eigenvalue weighted by Crippen LogP contribution is 2.44. The Balaban J connectivity index is 1.74. The molecule has 0 bridgehead atoms. The van der Waals surface area contributed by atoms with Crippen LogP contribution in [-0.2, 0) is 4.74 Å². The van der Waals surface area contributed by atoms with Gasteiger partial charge in [0.2, 0.25) is 5.01 Å². The van der Waals surface area contributed by atoms with Crippen LogP contribution in [-0.4, -0.2) is 64.9 Å². The number of nitrogens with zero attached hydrogens (tertiary/aromatic N) is 4. The Morgan fingerprint density at radius 2 is 2.31 bits per heavy atom. The van der Waals surface area contributed by atoms with Gasteiger partial charge < -0.3 is 10.5 Å². The smallest absolute Gasteiger partial charge is 0.410 e. The van der Waals surface area contributed by atoms with Crippen molar-refractivity contribution in [3.05, 3.63) is 74.2 Å². The number of amidine groups is 1. The third kappa shape index (κ3) is 4.13. The summed E-state index contributed by atoms with van der Waals surface area (Å²) in [5.41, 5.74) is 7.77. The molecule has 3 N–H and O–H groups in total. The van der Waals surface area contributed by atoms with Crippen molar-refractivity contribution in [2.45, 2.75) is 24.6 Å². The number of carbonyl (C=O) groups excluding carboxylic acids is 1. The molecule has 2 atom stereocenters. The second-order valence-electron chi connectivity index (χ2n) is 8.59. The van der Waals surface area contributed by atoms with Crippen LogP contribution in [0.2, 0.25) is 5.02 Å². The van der Waals surface area contributed by atoms with Crippen molar-refractivity contribution in [3.8, 4) is 0 Å². The lowest BCUT2D eigenvalue weighted by atomic mass is 9.89. The Kier molecular flexibility index (Phi) is 6.25.